The van der Waals surface area contributed by atoms with Crippen LogP contribution in [-0.2, 0) is 6.42 Å². The predicted molar refractivity (Wildman–Crippen MR) is 85.1 cm³/mol. The molecule has 2 rings (SSSR count). The van der Waals surface area contributed by atoms with Gasteiger partial charge in [0.15, 0.2) is 17.5 Å². The summed E-state index contributed by atoms with van der Waals surface area (Å²) in [6.07, 6.45) is 0.587. The van der Waals surface area contributed by atoms with Gasteiger partial charge in [-0.3, -0.25) is 10.3 Å². The summed E-state index contributed by atoms with van der Waals surface area (Å²) in [5.41, 5.74) is 8.35. The lowest BCUT2D eigenvalue weighted by Gasteiger charge is -2.06. The highest BCUT2D eigenvalue weighted by Crippen LogP contribution is 2.24. The Labute approximate surface area is 128 Å². The molecule has 0 aliphatic carbocycles. The summed E-state index contributed by atoms with van der Waals surface area (Å²) in [5, 5.41) is 21.5. The number of nitrogens with one attached hydrogen (secondary N) is 1. The average Bonchev–Trinajstić information content (AvgIpc) is 2.41. The van der Waals surface area contributed by atoms with Crippen LogP contribution >= 0.6 is 0 Å². The molecule has 0 aliphatic heterocycles. The minimum absolute atomic E-state index is 0.139. The fourth-order valence-corrected chi connectivity index (χ4v) is 1.97. The summed E-state index contributed by atoms with van der Waals surface area (Å²) in [6, 6.07) is 6.54. The monoisotopic (exact) mass is 301 g/mol. The Balaban J connectivity index is 1.93. The van der Waals surface area contributed by atoms with Crippen molar-refractivity contribution >= 4 is 11.9 Å². The van der Waals surface area contributed by atoms with Gasteiger partial charge in [-0.25, -0.2) is 9.97 Å². The van der Waals surface area contributed by atoms with Crippen molar-refractivity contribution < 1.29 is 10.2 Å². The number of nitrogens with zero attached hydrogens (tertiary/aromatic N) is 3. The number of aliphatic imine (C=N–C) groups is 1. The maximum atomic E-state index is 9.42. The number of phenols is 2. The molecule has 0 spiro atoms. The normalized spacial score (nSPS) is 11.5. The van der Waals surface area contributed by atoms with Gasteiger partial charge >= 0.3 is 0 Å². The summed E-state index contributed by atoms with van der Waals surface area (Å²) in [5.74, 6) is 0.366. The summed E-state index contributed by atoms with van der Waals surface area (Å²) in [7, 11) is 0. The molecule has 0 radical (unpaired) electrons. The Bertz CT molecular complexity index is 680. The number of guanidine groups is 1. The molecule has 7 heteroatoms. The number of rotatable bonds is 4. The Hall–Kier alpha value is -2.83. The molecule has 0 amide bonds. The second-order valence-electron chi connectivity index (χ2n) is 4.94. The number of aromatic nitrogens is 2. The average molecular weight is 301 g/mol. The second kappa shape index (κ2) is 6.75. The molecule has 0 fully saturated rings. The first-order chi connectivity index (χ1) is 10.4. The molecular formula is C15H19N5O2. The van der Waals surface area contributed by atoms with E-state index in [0.717, 1.165) is 17.0 Å². The van der Waals surface area contributed by atoms with Gasteiger partial charge in [0.1, 0.15) is 0 Å². The summed E-state index contributed by atoms with van der Waals surface area (Å²) < 4.78 is 0. The molecule has 7 nitrogen and oxygen atoms in total. The lowest BCUT2D eigenvalue weighted by Crippen LogP contribution is -2.24. The number of aromatic hydroxyl groups is 2. The van der Waals surface area contributed by atoms with Crippen LogP contribution in [0.3, 0.4) is 0 Å². The van der Waals surface area contributed by atoms with Crippen molar-refractivity contribution in [2.24, 2.45) is 10.7 Å². The van der Waals surface area contributed by atoms with Crippen molar-refractivity contribution in [3.8, 4) is 11.5 Å². The van der Waals surface area contributed by atoms with E-state index < -0.39 is 0 Å². The van der Waals surface area contributed by atoms with E-state index in [1.54, 1.807) is 6.07 Å². The number of benzene rings is 1. The third-order valence-corrected chi connectivity index (χ3v) is 2.94. The number of hydrogen-bond acceptors (Lipinski definition) is 5. The minimum atomic E-state index is -0.142. The molecule has 1 heterocycles. The molecule has 5 N–H and O–H groups in total. The second-order valence-corrected chi connectivity index (χ2v) is 4.94. The fraction of sp³-hybridized carbons (Fsp3) is 0.267. The van der Waals surface area contributed by atoms with Gasteiger partial charge in [-0.15, -0.1) is 0 Å². The van der Waals surface area contributed by atoms with Gasteiger partial charge in [0.25, 0.3) is 0 Å². The largest absolute Gasteiger partial charge is 0.504 e. The third-order valence-electron chi connectivity index (χ3n) is 2.94. The molecule has 0 unspecified atom stereocenters. The highest BCUT2D eigenvalue weighted by Gasteiger charge is 2.02. The third kappa shape index (κ3) is 4.34. The van der Waals surface area contributed by atoms with Crippen LogP contribution in [0.4, 0.5) is 5.95 Å². The fourth-order valence-electron chi connectivity index (χ4n) is 1.97. The van der Waals surface area contributed by atoms with Gasteiger partial charge in [0.05, 0.1) is 0 Å². The Morgan fingerprint density at radius 3 is 2.45 bits per heavy atom. The van der Waals surface area contributed by atoms with Crippen LogP contribution in [0.1, 0.15) is 17.0 Å². The number of aryl methyl sites for hydroxylation is 2. The zero-order valence-corrected chi connectivity index (χ0v) is 12.5. The van der Waals surface area contributed by atoms with Crippen LogP contribution in [-0.4, -0.2) is 32.7 Å². The first-order valence-electron chi connectivity index (χ1n) is 6.84. The van der Waals surface area contributed by atoms with Crippen LogP contribution < -0.4 is 11.1 Å². The van der Waals surface area contributed by atoms with Crippen LogP contribution in [0.25, 0.3) is 0 Å². The summed E-state index contributed by atoms with van der Waals surface area (Å²) in [4.78, 5) is 12.6. The van der Waals surface area contributed by atoms with Crippen LogP contribution in [0.2, 0.25) is 0 Å². The molecule has 1 aromatic carbocycles. The smallest absolute Gasteiger partial charge is 0.229 e. The van der Waals surface area contributed by atoms with Gasteiger partial charge in [0, 0.05) is 17.9 Å². The first kappa shape index (κ1) is 15.6. The highest BCUT2D eigenvalue weighted by atomic mass is 16.3. The quantitative estimate of drug-likeness (QED) is 0.386. The summed E-state index contributed by atoms with van der Waals surface area (Å²) in [6.45, 7) is 4.20. The van der Waals surface area contributed by atoms with Gasteiger partial charge in [-0.05, 0) is 44.0 Å². The van der Waals surface area contributed by atoms with E-state index in [4.69, 9.17) is 5.73 Å². The Kier molecular flexibility index (Phi) is 4.77. The Morgan fingerprint density at radius 1 is 1.14 bits per heavy atom. The van der Waals surface area contributed by atoms with E-state index in [9.17, 15) is 10.2 Å². The van der Waals surface area contributed by atoms with E-state index >= 15 is 0 Å². The zero-order chi connectivity index (χ0) is 16.1. The van der Waals surface area contributed by atoms with Gasteiger partial charge < -0.3 is 15.9 Å². The molecule has 1 aromatic heterocycles. The maximum absolute atomic E-state index is 9.42. The lowest BCUT2D eigenvalue weighted by atomic mass is 10.1. The molecule has 116 valence electrons. The van der Waals surface area contributed by atoms with E-state index in [1.807, 2.05) is 19.9 Å². The first-order valence-corrected chi connectivity index (χ1v) is 6.84. The number of anilines is 1. The molecule has 0 aliphatic rings. The molecule has 0 bridgehead atoms. The van der Waals surface area contributed by atoms with E-state index in [-0.39, 0.29) is 17.5 Å². The minimum Gasteiger partial charge on any atom is -0.504 e. The predicted octanol–water partition coefficient (Wildman–Crippen LogP) is 1.47. The van der Waals surface area contributed by atoms with Crippen molar-refractivity contribution in [3.05, 3.63) is 41.2 Å². The molecule has 0 atom stereocenters. The van der Waals surface area contributed by atoms with Crippen molar-refractivity contribution in [1.82, 2.24) is 9.97 Å². The van der Waals surface area contributed by atoms with Gasteiger partial charge in [-0.1, -0.05) is 6.07 Å². The molecule has 2 aromatic rings. The van der Waals surface area contributed by atoms with E-state index in [0.29, 0.717) is 18.9 Å². The molecular weight excluding hydrogens is 282 g/mol. The standard InChI is InChI=1S/C15H19N5O2/c1-9-7-10(2)19-15(18-9)20-14(16)17-6-5-11-3-4-12(21)13(22)8-11/h3-4,7-8,21-22H,5-6H2,1-2H3,(H3,16,17,18,19,20). The van der Waals surface area contributed by atoms with E-state index in [1.165, 1.54) is 12.1 Å². The van der Waals surface area contributed by atoms with Crippen molar-refractivity contribution in [2.75, 3.05) is 11.9 Å². The van der Waals surface area contributed by atoms with Crippen LogP contribution in [0.15, 0.2) is 29.3 Å². The summed E-state index contributed by atoms with van der Waals surface area (Å²) >= 11 is 0. The van der Waals surface area contributed by atoms with Crippen molar-refractivity contribution in [2.45, 2.75) is 20.3 Å². The SMILES string of the molecule is Cc1cc(C)nc(NC(N)=NCCc2ccc(O)c(O)c2)n1. The number of phenolic OH excluding ortho intramolecular Hbond substituents is 2. The van der Waals surface area contributed by atoms with Gasteiger partial charge in [-0.2, -0.15) is 0 Å². The zero-order valence-electron chi connectivity index (χ0n) is 12.5. The Morgan fingerprint density at radius 2 is 1.82 bits per heavy atom. The maximum Gasteiger partial charge on any atom is 0.229 e. The molecule has 0 saturated heterocycles. The lowest BCUT2D eigenvalue weighted by molar-refractivity contribution is 0.403. The topological polar surface area (TPSA) is 117 Å². The number of nitrogens with two attached hydrogens (primary N) is 1. The van der Waals surface area contributed by atoms with Crippen LogP contribution in [0, 0.1) is 13.8 Å². The van der Waals surface area contributed by atoms with E-state index in [2.05, 4.69) is 20.3 Å². The highest BCUT2D eigenvalue weighted by molar-refractivity contribution is 5.90. The van der Waals surface area contributed by atoms with Crippen molar-refractivity contribution in [1.29, 1.82) is 0 Å². The molecule has 0 saturated carbocycles. The van der Waals surface area contributed by atoms with Gasteiger partial charge in [0.2, 0.25) is 5.95 Å². The number of hydrogen-bond donors (Lipinski definition) is 4. The van der Waals surface area contributed by atoms with Crippen molar-refractivity contribution in [3.63, 3.8) is 0 Å². The molecule has 22 heavy (non-hydrogen) atoms. The van der Waals surface area contributed by atoms with Crippen LogP contribution in [0.5, 0.6) is 11.5 Å².